The smallest absolute Gasteiger partial charge is 0.197 e. The molecule has 0 aromatic carbocycles. The van der Waals surface area contributed by atoms with Crippen molar-refractivity contribution in [2.75, 3.05) is 0 Å². The quantitative estimate of drug-likeness (QED) is 0.800. The Morgan fingerprint density at radius 2 is 2.18 bits per heavy atom. The lowest BCUT2D eigenvalue weighted by atomic mass is 10.3. The third kappa shape index (κ3) is 2.58. The van der Waals surface area contributed by atoms with Crippen molar-refractivity contribution in [3.05, 3.63) is 22.9 Å². The van der Waals surface area contributed by atoms with Crippen LogP contribution in [0.25, 0.3) is 0 Å². The van der Waals surface area contributed by atoms with E-state index in [1.807, 2.05) is 25.5 Å². The summed E-state index contributed by atoms with van der Waals surface area (Å²) in [5.74, 6) is 0.741. The van der Waals surface area contributed by atoms with Gasteiger partial charge in [-0.15, -0.1) is 10.2 Å². The van der Waals surface area contributed by atoms with Gasteiger partial charge in [0.05, 0.1) is 0 Å². The summed E-state index contributed by atoms with van der Waals surface area (Å²) in [7, 11) is 1.89. The summed E-state index contributed by atoms with van der Waals surface area (Å²) < 4.78 is 1.84. The first kappa shape index (κ1) is 12.3. The molecule has 2 aromatic rings. The molecule has 0 radical (unpaired) electrons. The lowest BCUT2D eigenvalue weighted by Gasteiger charge is -2.07. The van der Waals surface area contributed by atoms with Crippen LogP contribution in [0.15, 0.2) is 16.5 Å². The van der Waals surface area contributed by atoms with E-state index in [0.717, 1.165) is 28.0 Å². The van der Waals surface area contributed by atoms with E-state index in [1.54, 1.807) is 6.33 Å². The lowest BCUT2D eigenvalue weighted by Crippen LogP contribution is -1.99. The van der Waals surface area contributed by atoms with Gasteiger partial charge in [0.15, 0.2) is 5.16 Å². The fourth-order valence-electron chi connectivity index (χ4n) is 1.22. The highest BCUT2D eigenvalue weighted by Gasteiger charge is 2.12. The van der Waals surface area contributed by atoms with E-state index in [9.17, 15) is 0 Å². The van der Waals surface area contributed by atoms with Crippen LogP contribution in [0, 0.1) is 6.92 Å². The predicted molar refractivity (Wildman–Crippen MR) is 66.3 cm³/mol. The molecule has 0 N–H and O–H groups in total. The second kappa shape index (κ2) is 5.01. The molecule has 2 aromatic heterocycles. The molecule has 2 rings (SSSR count). The van der Waals surface area contributed by atoms with E-state index in [2.05, 4.69) is 20.2 Å². The maximum absolute atomic E-state index is 6.07. The molecule has 0 fully saturated rings. The van der Waals surface area contributed by atoms with E-state index < -0.39 is 0 Å². The normalized spacial score (nSPS) is 10.8. The first-order valence-corrected chi connectivity index (χ1v) is 6.36. The lowest BCUT2D eigenvalue weighted by molar-refractivity contribution is 0.783. The third-order valence-electron chi connectivity index (χ3n) is 2.26. The van der Waals surface area contributed by atoms with Crippen molar-refractivity contribution < 1.29 is 0 Å². The Balaban J connectivity index is 2.38. The number of nitrogens with zero attached hydrogens (tertiary/aromatic N) is 5. The summed E-state index contributed by atoms with van der Waals surface area (Å²) in [6.07, 6.45) is 2.41. The highest BCUT2D eigenvalue weighted by Crippen LogP contribution is 2.29. The van der Waals surface area contributed by atoms with Gasteiger partial charge in [-0.2, -0.15) is 0 Å². The molecule has 17 heavy (non-hydrogen) atoms. The van der Waals surface area contributed by atoms with E-state index in [4.69, 9.17) is 11.6 Å². The van der Waals surface area contributed by atoms with Crippen LogP contribution in [0.1, 0.15) is 18.3 Å². The minimum atomic E-state index is 0.501. The number of aryl methyl sites for hydroxylation is 2. The van der Waals surface area contributed by atoms with Crippen molar-refractivity contribution in [3.63, 3.8) is 0 Å². The van der Waals surface area contributed by atoms with Crippen LogP contribution in [0.5, 0.6) is 0 Å². The Morgan fingerprint density at radius 3 is 2.76 bits per heavy atom. The zero-order valence-corrected chi connectivity index (χ0v) is 11.4. The summed E-state index contributed by atoms with van der Waals surface area (Å²) in [4.78, 5) is 8.66. The molecule has 0 atom stereocenters. The van der Waals surface area contributed by atoms with Crippen LogP contribution in [0.2, 0.25) is 5.15 Å². The Bertz CT molecular complexity index is 539. The molecule has 2 heterocycles. The second-order valence-electron chi connectivity index (χ2n) is 3.54. The molecule has 0 saturated heterocycles. The molecule has 0 bridgehead atoms. The monoisotopic (exact) mass is 269 g/mol. The molecular weight excluding hydrogens is 258 g/mol. The van der Waals surface area contributed by atoms with Crippen molar-refractivity contribution in [2.24, 2.45) is 7.05 Å². The van der Waals surface area contributed by atoms with Gasteiger partial charge in [-0.1, -0.05) is 18.5 Å². The molecule has 0 unspecified atom stereocenters. The molecule has 90 valence electrons. The molecule has 0 aliphatic rings. The number of rotatable bonds is 3. The Morgan fingerprint density at radius 1 is 1.41 bits per heavy atom. The minimum Gasteiger partial charge on any atom is -0.311 e. The number of hydrogen-bond acceptors (Lipinski definition) is 5. The Labute approximate surface area is 109 Å². The summed E-state index contributed by atoms with van der Waals surface area (Å²) in [6.45, 7) is 3.90. The van der Waals surface area contributed by atoms with Crippen LogP contribution in [-0.2, 0) is 13.5 Å². The molecular formula is C10H12ClN5S. The molecule has 0 spiro atoms. The van der Waals surface area contributed by atoms with Crippen LogP contribution in [0.3, 0.4) is 0 Å². The molecule has 0 saturated carbocycles. The summed E-state index contributed by atoms with van der Waals surface area (Å²) in [5.41, 5.74) is 0.872. The number of halogens is 1. The fraction of sp³-hybridized carbons (Fsp3) is 0.400. The SMILES string of the molecule is CCc1nc(Cl)c(C)c(Sc2nncn2C)n1. The summed E-state index contributed by atoms with van der Waals surface area (Å²) in [5, 5.41) is 9.95. The topological polar surface area (TPSA) is 56.5 Å². The van der Waals surface area contributed by atoms with Crippen LogP contribution in [0.4, 0.5) is 0 Å². The maximum Gasteiger partial charge on any atom is 0.197 e. The Kier molecular flexibility index (Phi) is 3.63. The minimum absolute atomic E-state index is 0.501. The largest absolute Gasteiger partial charge is 0.311 e. The van der Waals surface area contributed by atoms with Gasteiger partial charge in [-0.05, 0) is 18.7 Å². The van der Waals surface area contributed by atoms with Gasteiger partial charge in [0.1, 0.15) is 22.3 Å². The summed E-state index contributed by atoms with van der Waals surface area (Å²) >= 11 is 7.52. The van der Waals surface area contributed by atoms with Gasteiger partial charge in [0.2, 0.25) is 0 Å². The summed E-state index contributed by atoms with van der Waals surface area (Å²) in [6, 6.07) is 0. The van der Waals surface area contributed by atoms with Gasteiger partial charge in [0, 0.05) is 19.0 Å². The van der Waals surface area contributed by atoms with Gasteiger partial charge < -0.3 is 4.57 Å². The van der Waals surface area contributed by atoms with Crippen LogP contribution < -0.4 is 0 Å². The molecule has 5 nitrogen and oxygen atoms in total. The average Bonchev–Trinajstić information content (AvgIpc) is 2.70. The van der Waals surface area contributed by atoms with Crippen LogP contribution >= 0.6 is 23.4 Å². The van der Waals surface area contributed by atoms with Crippen molar-refractivity contribution >= 4 is 23.4 Å². The molecule has 0 aliphatic heterocycles. The van der Waals surface area contributed by atoms with Crippen molar-refractivity contribution in [2.45, 2.75) is 30.5 Å². The van der Waals surface area contributed by atoms with E-state index >= 15 is 0 Å². The number of hydrogen-bond donors (Lipinski definition) is 0. The average molecular weight is 270 g/mol. The highest BCUT2D eigenvalue weighted by atomic mass is 35.5. The molecule has 0 aliphatic carbocycles. The van der Waals surface area contributed by atoms with E-state index in [-0.39, 0.29) is 0 Å². The predicted octanol–water partition coefficient (Wildman–Crippen LogP) is 2.28. The van der Waals surface area contributed by atoms with Gasteiger partial charge in [0.25, 0.3) is 0 Å². The van der Waals surface area contributed by atoms with Crippen molar-refractivity contribution in [1.29, 1.82) is 0 Å². The number of aromatic nitrogens is 5. The first-order valence-electron chi connectivity index (χ1n) is 5.16. The molecule has 7 heteroatoms. The zero-order valence-electron chi connectivity index (χ0n) is 9.81. The van der Waals surface area contributed by atoms with Gasteiger partial charge >= 0.3 is 0 Å². The fourth-order valence-corrected chi connectivity index (χ4v) is 2.32. The maximum atomic E-state index is 6.07. The van der Waals surface area contributed by atoms with Gasteiger partial charge in [-0.25, -0.2) is 9.97 Å². The van der Waals surface area contributed by atoms with Crippen molar-refractivity contribution in [1.82, 2.24) is 24.7 Å². The van der Waals surface area contributed by atoms with E-state index in [0.29, 0.717) is 5.15 Å². The van der Waals surface area contributed by atoms with Crippen LogP contribution in [-0.4, -0.2) is 24.7 Å². The molecule has 0 amide bonds. The van der Waals surface area contributed by atoms with Gasteiger partial charge in [-0.3, -0.25) is 0 Å². The zero-order chi connectivity index (χ0) is 12.4. The highest BCUT2D eigenvalue weighted by molar-refractivity contribution is 7.99. The second-order valence-corrected chi connectivity index (χ2v) is 4.85. The van der Waals surface area contributed by atoms with E-state index in [1.165, 1.54) is 11.8 Å². The Hall–Kier alpha value is -1.14. The first-order chi connectivity index (χ1) is 8.11. The third-order valence-corrected chi connectivity index (χ3v) is 3.77. The standard InChI is InChI=1S/C10H12ClN5S/c1-4-7-13-8(11)6(2)9(14-7)17-10-15-12-5-16(10)3/h5H,4H2,1-3H3. The van der Waals surface area contributed by atoms with Crippen molar-refractivity contribution in [3.8, 4) is 0 Å².